The van der Waals surface area contributed by atoms with E-state index in [-0.39, 0.29) is 11.7 Å². The summed E-state index contributed by atoms with van der Waals surface area (Å²) in [5, 5.41) is 12.9. The quantitative estimate of drug-likeness (QED) is 0.631. The van der Waals surface area contributed by atoms with E-state index in [9.17, 15) is 8.42 Å². The fraction of sp³-hybridized carbons (Fsp3) is 0.200. The fourth-order valence-corrected chi connectivity index (χ4v) is 1.08. The van der Waals surface area contributed by atoms with Crippen molar-refractivity contribution in [3.05, 3.63) is 17.9 Å². The van der Waals surface area contributed by atoms with Crippen molar-refractivity contribution in [2.75, 3.05) is 0 Å². The van der Waals surface area contributed by atoms with Gasteiger partial charge in [0, 0.05) is 11.6 Å². The van der Waals surface area contributed by atoms with Crippen LogP contribution < -0.4 is 5.14 Å². The van der Waals surface area contributed by atoms with E-state index in [4.69, 9.17) is 10.2 Å². The van der Waals surface area contributed by atoms with Crippen LogP contribution in [0.2, 0.25) is 0 Å². The monoisotopic (exact) mass is 177 g/mol. The molecule has 0 spiro atoms. The smallest absolute Gasteiger partial charge is 0.271 e. The molecular weight excluding hydrogens is 170 g/mol. The standard InChI is InChI=1S/C5H7NO4S/c6-11(8,9)5-1-4(2-7)3-10-5/h1,3,7H,2H2,(H2,6,8,9). The molecule has 0 aliphatic carbocycles. The molecule has 3 N–H and O–H groups in total. The second-order valence-electron chi connectivity index (χ2n) is 1.98. The van der Waals surface area contributed by atoms with Crippen LogP contribution in [0.25, 0.3) is 0 Å². The van der Waals surface area contributed by atoms with Gasteiger partial charge in [0.05, 0.1) is 12.9 Å². The van der Waals surface area contributed by atoms with Crippen LogP contribution in [0.3, 0.4) is 0 Å². The highest BCUT2D eigenvalue weighted by atomic mass is 32.2. The first kappa shape index (κ1) is 8.25. The molecule has 0 saturated carbocycles. The van der Waals surface area contributed by atoms with Gasteiger partial charge < -0.3 is 9.52 Å². The minimum absolute atomic E-state index is 0.265. The molecule has 1 heterocycles. The summed E-state index contributed by atoms with van der Waals surface area (Å²) in [6.45, 7) is -0.265. The van der Waals surface area contributed by atoms with Crippen molar-refractivity contribution in [3.63, 3.8) is 0 Å². The summed E-state index contributed by atoms with van der Waals surface area (Å²) in [6, 6.07) is 1.18. The van der Waals surface area contributed by atoms with Crippen LogP contribution >= 0.6 is 0 Å². The lowest BCUT2D eigenvalue weighted by molar-refractivity contribution is 0.280. The topological polar surface area (TPSA) is 93.5 Å². The third kappa shape index (κ3) is 1.79. The molecule has 6 heteroatoms. The van der Waals surface area contributed by atoms with Gasteiger partial charge in [0.1, 0.15) is 0 Å². The van der Waals surface area contributed by atoms with Gasteiger partial charge in [0.15, 0.2) is 0 Å². The molecule has 5 nitrogen and oxygen atoms in total. The van der Waals surface area contributed by atoms with Gasteiger partial charge in [-0.2, -0.15) is 0 Å². The van der Waals surface area contributed by atoms with Crippen molar-refractivity contribution in [1.82, 2.24) is 0 Å². The minimum Gasteiger partial charge on any atom is -0.451 e. The van der Waals surface area contributed by atoms with E-state index in [1.165, 1.54) is 6.07 Å². The molecule has 0 aliphatic heterocycles. The molecule has 0 aromatic carbocycles. The van der Waals surface area contributed by atoms with Crippen LogP contribution in [0.15, 0.2) is 21.8 Å². The van der Waals surface area contributed by atoms with Gasteiger partial charge in [-0.3, -0.25) is 0 Å². The Bertz CT molecular complexity index is 339. The Morgan fingerprint density at radius 2 is 2.27 bits per heavy atom. The molecule has 1 rings (SSSR count). The van der Waals surface area contributed by atoms with Crippen molar-refractivity contribution in [1.29, 1.82) is 0 Å². The van der Waals surface area contributed by atoms with Gasteiger partial charge in [0.2, 0.25) is 5.09 Å². The molecule has 1 aromatic rings. The summed E-state index contributed by atoms with van der Waals surface area (Å²) in [5.41, 5.74) is 0.383. The zero-order valence-corrected chi connectivity index (χ0v) is 6.34. The fourth-order valence-electron chi connectivity index (χ4n) is 0.585. The van der Waals surface area contributed by atoms with E-state index >= 15 is 0 Å². The molecule has 0 amide bonds. The summed E-state index contributed by atoms with van der Waals surface area (Å²) in [5.74, 6) is 0. The van der Waals surface area contributed by atoms with E-state index < -0.39 is 10.0 Å². The molecule has 0 radical (unpaired) electrons. The van der Waals surface area contributed by atoms with Crippen LogP contribution in [-0.4, -0.2) is 13.5 Å². The molecule has 0 fully saturated rings. The Morgan fingerprint density at radius 1 is 1.64 bits per heavy atom. The van der Waals surface area contributed by atoms with Crippen molar-refractivity contribution in [3.8, 4) is 0 Å². The highest BCUT2D eigenvalue weighted by molar-refractivity contribution is 7.89. The molecule has 11 heavy (non-hydrogen) atoms. The van der Waals surface area contributed by atoms with Crippen LogP contribution in [-0.2, 0) is 16.6 Å². The number of aliphatic hydroxyl groups excluding tert-OH is 1. The molecule has 0 aliphatic rings. The third-order valence-corrected chi connectivity index (χ3v) is 1.87. The predicted molar refractivity (Wildman–Crippen MR) is 36.0 cm³/mol. The number of hydrogen-bond acceptors (Lipinski definition) is 4. The zero-order chi connectivity index (χ0) is 8.48. The Morgan fingerprint density at radius 3 is 2.55 bits per heavy atom. The third-order valence-electron chi connectivity index (χ3n) is 1.09. The van der Waals surface area contributed by atoms with Gasteiger partial charge in [-0.05, 0) is 0 Å². The molecule has 0 atom stereocenters. The van der Waals surface area contributed by atoms with Gasteiger partial charge in [-0.25, -0.2) is 13.6 Å². The van der Waals surface area contributed by atoms with Crippen molar-refractivity contribution < 1.29 is 17.9 Å². The van der Waals surface area contributed by atoms with Crippen molar-refractivity contribution >= 4 is 10.0 Å². The van der Waals surface area contributed by atoms with E-state index in [1.807, 2.05) is 0 Å². The van der Waals surface area contributed by atoms with E-state index in [2.05, 4.69) is 4.42 Å². The lowest BCUT2D eigenvalue weighted by atomic mass is 10.4. The van der Waals surface area contributed by atoms with E-state index in [0.717, 1.165) is 6.26 Å². The van der Waals surface area contributed by atoms with E-state index in [0.29, 0.717) is 5.56 Å². The lowest BCUT2D eigenvalue weighted by Crippen LogP contribution is -2.10. The Labute approximate surface area is 63.5 Å². The first-order valence-corrected chi connectivity index (χ1v) is 4.30. The maximum atomic E-state index is 10.6. The molecule has 0 unspecified atom stereocenters. The number of nitrogens with two attached hydrogens (primary N) is 1. The number of primary sulfonamides is 1. The second kappa shape index (κ2) is 2.65. The average Bonchev–Trinajstić information content (AvgIpc) is 2.32. The lowest BCUT2D eigenvalue weighted by Gasteiger charge is -1.86. The molecule has 62 valence electrons. The summed E-state index contributed by atoms with van der Waals surface area (Å²) in [7, 11) is -3.77. The number of hydrogen-bond donors (Lipinski definition) is 2. The average molecular weight is 177 g/mol. The first-order valence-electron chi connectivity index (χ1n) is 2.75. The van der Waals surface area contributed by atoms with Crippen LogP contribution in [0, 0.1) is 0 Å². The summed E-state index contributed by atoms with van der Waals surface area (Å²) >= 11 is 0. The number of aliphatic hydroxyl groups is 1. The van der Waals surface area contributed by atoms with Crippen LogP contribution in [0.4, 0.5) is 0 Å². The second-order valence-corrected chi connectivity index (χ2v) is 3.47. The van der Waals surface area contributed by atoms with Crippen LogP contribution in [0.5, 0.6) is 0 Å². The predicted octanol–water partition coefficient (Wildman–Crippen LogP) is -0.581. The molecule has 1 aromatic heterocycles. The van der Waals surface area contributed by atoms with Crippen molar-refractivity contribution in [2.24, 2.45) is 5.14 Å². The highest BCUT2D eigenvalue weighted by Gasteiger charge is 2.12. The summed E-state index contributed by atoms with van der Waals surface area (Å²) in [6.07, 6.45) is 1.14. The zero-order valence-electron chi connectivity index (χ0n) is 5.52. The first-order chi connectivity index (χ1) is 5.04. The Kier molecular flexibility index (Phi) is 1.99. The SMILES string of the molecule is NS(=O)(=O)c1cc(CO)co1. The molecule has 0 bridgehead atoms. The normalized spacial score (nSPS) is 11.8. The Balaban J connectivity index is 3.09. The van der Waals surface area contributed by atoms with Gasteiger partial charge in [-0.1, -0.05) is 0 Å². The number of sulfonamides is 1. The minimum atomic E-state index is -3.77. The summed E-state index contributed by atoms with van der Waals surface area (Å²) in [4.78, 5) is 0. The highest BCUT2D eigenvalue weighted by Crippen LogP contribution is 2.11. The maximum absolute atomic E-state index is 10.6. The van der Waals surface area contributed by atoms with E-state index in [1.54, 1.807) is 0 Å². The summed E-state index contributed by atoms with van der Waals surface area (Å²) < 4.78 is 25.7. The van der Waals surface area contributed by atoms with Crippen molar-refractivity contribution in [2.45, 2.75) is 11.7 Å². The van der Waals surface area contributed by atoms with Gasteiger partial charge in [-0.15, -0.1) is 0 Å². The Hall–Kier alpha value is -0.850. The number of rotatable bonds is 2. The number of furan rings is 1. The largest absolute Gasteiger partial charge is 0.451 e. The van der Waals surface area contributed by atoms with Crippen LogP contribution in [0.1, 0.15) is 5.56 Å². The molecule has 0 saturated heterocycles. The van der Waals surface area contributed by atoms with Gasteiger partial charge >= 0.3 is 0 Å². The molecular formula is C5H7NO4S. The maximum Gasteiger partial charge on any atom is 0.271 e. The van der Waals surface area contributed by atoms with Gasteiger partial charge in [0.25, 0.3) is 10.0 Å².